The second-order valence-corrected chi connectivity index (χ2v) is 4.88. The number of halogens is 1. The highest BCUT2D eigenvalue weighted by Gasteiger charge is 2.11. The van der Waals surface area contributed by atoms with Gasteiger partial charge in [0.25, 0.3) is 0 Å². The molecule has 0 aliphatic heterocycles. The first-order valence-corrected chi connectivity index (χ1v) is 6.16. The Bertz CT molecular complexity index is 598. The molecule has 1 aromatic carbocycles. The van der Waals surface area contributed by atoms with Gasteiger partial charge in [-0.05, 0) is 43.1 Å². The highest BCUT2D eigenvalue weighted by Crippen LogP contribution is 2.30. The van der Waals surface area contributed by atoms with Gasteiger partial charge >= 0.3 is 0 Å². The Morgan fingerprint density at radius 2 is 2.18 bits per heavy atom. The van der Waals surface area contributed by atoms with Crippen molar-refractivity contribution in [1.82, 2.24) is 4.37 Å². The lowest BCUT2D eigenvalue weighted by atomic mass is 10.2. The minimum absolute atomic E-state index is 0.592. The molecule has 2 rings (SSSR count). The number of aryl methyl sites for hydroxylation is 2. The van der Waals surface area contributed by atoms with Crippen LogP contribution >= 0.6 is 23.1 Å². The average molecular weight is 264 g/mol. The minimum atomic E-state index is 0.592. The first-order valence-electron chi connectivity index (χ1n) is 5.01. The van der Waals surface area contributed by atoms with Crippen molar-refractivity contribution in [3.8, 4) is 6.07 Å². The minimum Gasteiger partial charge on any atom is -0.345 e. The number of hydrogen-bond acceptors (Lipinski definition) is 4. The molecule has 0 saturated heterocycles. The normalized spacial score (nSPS) is 10.0. The summed E-state index contributed by atoms with van der Waals surface area (Å²) in [5, 5.41) is 13.7. The lowest BCUT2D eigenvalue weighted by molar-refractivity contribution is 1.31. The van der Waals surface area contributed by atoms with E-state index in [-0.39, 0.29) is 0 Å². The van der Waals surface area contributed by atoms with Gasteiger partial charge in [-0.25, -0.2) is 0 Å². The molecule has 0 unspecified atom stereocenters. The number of nitrogens with zero attached hydrogens (tertiary/aromatic N) is 2. The third kappa shape index (κ3) is 2.41. The van der Waals surface area contributed by atoms with Crippen molar-refractivity contribution < 1.29 is 0 Å². The molecule has 0 radical (unpaired) electrons. The Hall–Kier alpha value is -1.57. The van der Waals surface area contributed by atoms with Crippen LogP contribution in [0.3, 0.4) is 0 Å². The predicted molar refractivity (Wildman–Crippen MR) is 71.0 cm³/mol. The van der Waals surface area contributed by atoms with Crippen molar-refractivity contribution in [2.24, 2.45) is 0 Å². The third-order valence-corrected chi connectivity index (χ3v) is 3.51. The standard InChI is InChI=1S/C12H10ClN3S/c1-7-3-4-9(13)5-11(7)15-12-10(6-14)8(2)16-17-12/h3-5,15H,1-2H3. The molecule has 2 aromatic rings. The van der Waals surface area contributed by atoms with E-state index < -0.39 is 0 Å². The molecule has 0 spiro atoms. The summed E-state index contributed by atoms with van der Waals surface area (Å²) in [4.78, 5) is 0. The summed E-state index contributed by atoms with van der Waals surface area (Å²) in [6.07, 6.45) is 0. The maximum atomic E-state index is 9.04. The van der Waals surface area contributed by atoms with E-state index in [1.54, 1.807) is 0 Å². The molecule has 0 saturated carbocycles. The van der Waals surface area contributed by atoms with E-state index in [1.807, 2.05) is 32.0 Å². The highest BCUT2D eigenvalue weighted by molar-refractivity contribution is 7.10. The summed E-state index contributed by atoms with van der Waals surface area (Å²) in [7, 11) is 0. The molecule has 0 fully saturated rings. The predicted octanol–water partition coefficient (Wildman–Crippen LogP) is 4.03. The molecular weight excluding hydrogens is 254 g/mol. The molecule has 1 N–H and O–H groups in total. The molecule has 17 heavy (non-hydrogen) atoms. The van der Waals surface area contributed by atoms with Crippen LogP contribution in [0.25, 0.3) is 0 Å². The Labute approximate surface area is 109 Å². The van der Waals surface area contributed by atoms with Crippen molar-refractivity contribution in [3.05, 3.63) is 40.0 Å². The number of anilines is 2. The van der Waals surface area contributed by atoms with Crippen LogP contribution in [0.1, 0.15) is 16.8 Å². The summed E-state index contributed by atoms with van der Waals surface area (Å²) >= 11 is 7.23. The fourth-order valence-corrected chi connectivity index (χ4v) is 2.37. The van der Waals surface area contributed by atoms with Gasteiger partial charge in [0.1, 0.15) is 16.6 Å². The molecule has 0 bridgehead atoms. The lowest BCUT2D eigenvalue weighted by Gasteiger charge is -2.07. The number of benzene rings is 1. The first-order chi connectivity index (χ1) is 8.11. The Kier molecular flexibility index (Phi) is 3.32. The van der Waals surface area contributed by atoms with Crippen molar-refractivity contribution in [2.45, 2.75) is 13.8 Å². The van der Waals surface area contributed by atoms with Crippen molar-refractivity contribution in [3.63, 3.8) is 0 Å². The van der Waals surface area contributed by atoms with E-state index in [9.17, 15) is 0 Å². The summed E-state index contributed by atoms with van der Waals surface area (Å²) < 4.78 is 4.16. The molecule has 0 amide bonds. The van der Waals surface area contributed by atoms with E-state index in [0.29, 0.717) is 10.6 Å². The van der Waals surface area contributed by atoms with E-state index in [4.69, 9.17) is 16.9 Å². The van der Waals surface area contributed by atoms with E-state index in [0.717, 1.165) is 21.9 Å². The summed E-state index contributed by atoms with van der Waals surface area (Å²) in [6.45, 7) is 3.81. The summed E-state index contributed by atoms with van der Waals surface area (Å²) in [5.41, 5.74) is 3.32. The Morgan fingerprint density at radius 1 is 1.41 bits per heavy atom. The summed E-state index contributed by atoms with van der Waals surface area (Å²) in [5.74, 6) is 0. The fraction of sp³-hybridized carbons (Fsp3) is 0.167. The molecule has 86 valence electrons. The number of rotatable bonds is 2. The number of nitrogens with one attached hydrogen (secondary N) is 1. The molecule has 1 heterocycles. The zero-order valence-corrected chi connectivity index (χ0v) is 11.0. The zero-order chi connectivity index (χ0) is 12.4. The maximum Gasteiger partial charge on any atom is 0.132 e. The van der Waals surface area contributed by atoms with Crippen LogP contribution < -0.4 is 5.32 Å². The maximum absolute atomic E-state index is 9.04. The van der Waals surface area contributed by atoms with Crippen molar-refractivity contribution in [2.75, 3.05) is 5.32 Å². The smallest absolute Gasteiger partial charge is 0.132 e. The number of aromatic nitrogens is 1. The van der Waals surface area contributed by atoms with Gasteiger partial charge in [-0.15, -0.1) is 0 Å². The largest absolute Gasteiger partial charge is 0.345 e. The molecular formula is C12H10ClN3S. The zero-order valence-electron chi connectivity index (χ0n) is 9.41. The van der Waals surface area contributed by atoms with Gasteiger partial charge in [-0.2, -0.15) is 9.64 Å². The van der Waals surface area contributed by atoms with Crippen molar-refractivity contribution >= 4 is 33.8 Å². The first kappa shape index (κ1) is 11.9. The van der Waals surface area contributed by atoms with Crippen LogP contribution in [-0.2, 0) is 0 Å². The van der Waals surface area contributed by atoms with Gasteiger partial charge in [0.15, 0.2) is 0 Å². The molecule has 3 nitrogen and oxygen atoms in total. The van der Waals surface area contributed by atoms with Crippen LogP contribution in [-0.4, -0.2) is 4.37 Å². The monoisotopic (exact) mass is 263 g/mol. The molecule has 5 heteroatoms. The Morgan fingerprint density at radius 3 is 2.88 bits per heavy atom. The van der Waals surface area contributed by atoms with Crippen LogP contribution in [0.2, 0.25) is 5.02 Å². The molecule has 0 atom stereocenters. The van der Waals surface area contributed by atoms with Gasteiger partial charge < -0.3 is 5.32 Å². The highest BCUT2D eigenvalue weighted by atomic mass is 35.5. The van der Waals surface area contributed by atoms with Gasteiger partial charge in [-0.3, -0.25) is 0 Å². The van der Waals surface area contributed by atoms with Gasteiger partial charge in [0.05, 0.1) is 5.69 Å². The third-order valence-electron chi connectivity index (χ3n) is 2.42. The number of hydrogen-bond donors (Lipinski definition) is 1. The van der Waals surface area contributed by atoms with Crippen LogP contribution in [0.4, 0.5) is 10.7 Å². The van der Waals surface area contributed by atoms with Gasteiger partial charge in [0.2, 0.25) is 0 Å². The lowest BCUT2D eigenvalue weighted by Crippen LogP contribution is -1.93. The number of nitriles is 1. The van der Waals surface area contributed by atoms with Crippen LogP contribution in [0, 0.1) is 25.2 Å². The van der Waals surface area contributed by atoms with Gasteiger partial charge in [0, 0.05) is 10.7 Å². The SMILES string of the molecule is Cc1ccc(Cl)cc1Nc1snc(C)c1C#N. The van der Waals surface area contributed by atoms with E-state index >= 15 is 0 Å². The van der Waals surface area contributed by atoms with Crippen molar-refractivity contribution in [1.29, 1.82) is 5.26 Å². The van der Waals surface area contributed by atoms with Crippen LogP contribution in [0.5, 0.6) is 0 Å². The topological polar surface area (TPSA) is 48.7 Å². The molecule has 0 aliphatic rings. The van der Waals surface area contributed by atoms with Gasteiger partial charge in [-0.1, -0.05) is 17.7 Å². The molecule has 1 aromatic heterocycles. The quantitative estimate of drug-likeness (QED) is 0.890. The second kappa shape index (κ2) is 4.74. The molecule has 0 aliphatic carbocycles. The van der Waals surface area contributed by atoms with E-state index in [2.05, 4.69) is 15.8 Å². The second-order valence-electron chi connectivity index (χ2n) is 3.67. The average Bonchev–Trinajstić information content (AvgIpc) is 2.64. The fourth-order valence-electron chi connectivity index (χ4n) is 1.44. The van der Waals surface area contributed by atoms with E-state index in [1.165, 1.54) is 11.5 Å². The Balaban J connectivity index is 2.38. The van der Waals surface area contributed by atoms with Crippen LogP contribution in [0.15, 0.2) is 18.2 Å². The summed E-state index contributed by atoms with van der Waals surface area (Å²) in [6, 6.07) is 7.76.